The van der Waals surface area contributed by atoms with Crippen LogP contribution in [0.4, 0.5) is 10.1 Å². The van der Waals surface area contributed by atoms with Gasteiger partial charge in [-0.15, -0.1) is 0 Å². The molecule has 0 radical (unpaired) electrons. The minimum absolute atomic E-state index is 0.167. The molecule has 0 amide bonds. The summed E-state index contributed by atoms with van der Waals surface area (Å²) in [7, 11) is 0. The summed E-state index contributed by atoms with van der Waals surface area (Å²) < 4.78 is 19.3. The maximum absolute atomic E-state index is 13.7. The molecule has 4 heteroatoms. The van der Waals surface area contributed by atoms with E-state index >= 15 is 0 Å². The molecule has 3 rings (SSSR count). The number of aryl methyl sites for hydroxylation is 1. The van der Waals surface area contributed by atoms with Gasteiger partial charge in [0.2, 0.25) is 0 Å². The Balaban J connectivity index is 2.07. The largest absolute Gasteiger partial charge is 0.452 e. The Hall–Kier alpha value is -2.62. The van der Waals surface area contributed by atoms with Crippen molar-refractivity contribution in [1.29, 1.82) is 0 Å². The number of nitrogens with zero attached hydrogens (tertiary/aromatic N) is 1. The van der Waals surface area contributed by atoms with Gasteiger partial charge < -0.3 is 10.5 Å². The van der Waals surface area contributed by atoms with E-state index in [4.69, 9.17) is 10.5 Å². The number of fused-ring (bicyclic) bond motifs is 1. The monoisotopic (exact) mass is 268 g/mol. The van der Waals surface area contributed by atoms with Crippen molar-refractivity contribution in [2.75, 3.05) is 5.73 Å². The lowest BCUT2D eigenvalue weighted by Gasteiger charge is -2.11. The molecule has 2 N–H and O–H groups in total. The molecule has 0 bridgehead atoms. The molecule has 2 aromatic carbocycles. The van der Waals surface area contributed by atoms with E-state index in [2.05, 4.69) is 4.98 Å². The number of hydrogen-bond donors (Lipinski definition) is 1. The molecule has 20 heavy (non-hydrogen) atoms. The first-order chi connectivity index (χ1) is 9.65. The first kappa shape index (κ1) is 12.4. The van der Waals surface area contributed by atoms with Crippen molar-refractivity contribution in [3.05, 3.63) is 60.0 Å². The minimum atomic E-state index is -0.415. The number of halogens is 1. The van der Waals surface area contributed by atoms with Crippen molar-refractivity contribution < 1.29 is 9.13 Å². The van der Waals surface area contributed by atoms with E-state index < -0.39 is 5.82 Å². The molecule has 1 heterocycles. The molecular weight excluding hydrogens is 255 g/mol. The van der Waals surface area contributed by atoms with Crippen molar-refractivity contribution >= 4 is 16.6 Å². The molecule has 0 unspecified atom stereocenters. The second-order valence-electron chi connectivity index (χ2n) is 4.58. The van der Waals surface area contributed by atoms with Gasteiger partial charge >= 0.3 is 0 Å². The van der Waals surface area contributed by atoms with Gasteiger partial charge in [0, 0.05) is 11.6 Å². The van der Waals surface area contributed by atoms with E-state index in [1.165, 1.54) is 6.07 Å². The van der Waals surface area contributed by atoms with Gasteiger partial charge in [0.25, 0.3) is 0 Å². The van der Waals surface area contributed by atoms with Crippen LogP contribution < -0.4 is 10.5 Å². The highest BCUT2D eigenvalue weighted by Gasteiger charge is 2.10. The Morgan fingerprint density at radius 3 is 2.80 bits per heavy atom. The van der Waals surface area contributed by atoms with Gasteiger partial charge in [-0.25, -0.2) is 4.39 Å². The Morgan fingerprint density at radius 1 is 1.10 bits per heavy atom. The van der Waals surface area contributed by atoms with E-state index in [-0.39, 0.29) is 5.75 Å². The van der Waals surface area contributed by atoms with E-state index in [1.54, 1.807) is 36.5 Å². The fourth-order valence-electron chi connectivity index (χ4n) is 2.05. The zero-order chi connectivity index (χ0) is 14.1. The van der Waals surface area contributed by atoms with Crippen LogP contribution in [0.1, 0.15) is 5.56 Å². The molecule has 0 fully saturated rings. The summed E-state index contributed by atoms with van der Waals surface area (Å²) in [4.78, 5) is 4.21. The van der Waals surface area contributed by atoms with E-state index in [0.717, 1.165) is 16.5 Å². The van der Waals surface area contributed by atoms with Gasteiger partial charge in [-0.2, -0.15) is 0 Å². The standard InChI is InChI=1S/C16H13FN2O/c1-10-4-5-12(17)15(9-10)20-14-7-6-13-11(16(14)18)3-2-8-19-13/h2-9H,18H2,1H3. The number of aromatic nitrogens is 1. The Morgan fingerprint density at radius 2 is 1.95 bits per heavy atom. The van der Waals surface area contributed by atoms with Gasteiger partial charge in [0.1, 0.15) is 0 Å². The van der Waals surface area contributed by atoms with Crippen LogP contribution in [0, 0.1) is 12.7 Å². The average Bonchev–Trinajstić information content (AvgIpc) is 2.46. The van der Waals surface area contributed by atoms with Crippen molar-refractivity contribution in [2.24, 2.45) is 0 Å². The van der Waals surface area contributed by atoms with E-state index in [0.29, 0.717) is 11.4 Å². The molecule has 0 aliphatic carbocycles. The van der Waals surface area contributed by atoms with Gasteiger partial charge in [0.15, 0.2) is 17.3 Å². The van der Waals surface area contributed by atoms with Crippen LogP contribution in [0.25, 0.3) is 10.9 Å². The van der Waals surface area contributed by atoms with Crippen molar-refractivity contribution in [2.45, 2.75) is 6.92 Å². The molecule has 0 saturated heterocycles. The van der Waals surface area contributed by atoms with Crippen molar-refractivity contribution in [1.82, 2.24) is 4.98 Å². The lowest BCUT2D eigenvalue weighted by Crippen LogP contribution is -1.96. The fraction of sp³-hybridized carbons (Fsp3) is 0.0625. The lowest BCUT2D eigenvalue weighted by molar-refractivity contribution is 0.444. The van der Waals surface area contributed by atoms with Crippen molar-refractivity contribution in [3.8, 4) is 11.5 Å². The highest BCUT2D eigenvalue weighted by molar-refractivity contribution is 5.93. The third-order valence-corrected chi connectivity index (χ3v) is 3.09. The summed E-state index contributed by atoms with van der Waals surface area (Å²) in [5.74, 6) is 0.177. The average molecular weight is 268 g/mol. The first-order valence-electron chi connectivity index (χ1n) is 6.22. The minimum Gasteiger partial charge on any atom is -0.452 e. The van der Waals surface area contributed by atoms with Crippen LogP contribution in [-0.2, 0) is 0 Å². The zero-order valence-corrected chi connectivity index (χ0v) is 10.9. The molecular formula is C16H13FN2O. The Labute approximate surface area is 115 Å². The molecule has 0 aliphatic heterocycles. The Kier molecular flexibility index (Phi) is 2.99. The molecule has 0 spiro atoms. The van der Waals surface area contributed by atoms with Crippen LogP contribution in [-0.4, -0.2) is 4.98 Å². The topological polar surface area (TPSA) is 48.1 Å². The van der Waals surface area contributed by atoms with Crippen LogP contribution in [0.15, 0.2) is 48.7 Å². The SMILES string of the molecule is Cc1ccc(F)c(Oc2ccc3ncccc3c2N)c1. The third kappa shape index (κ3) is 2.16. The predicted octanol–water partition coefficient (Wildman–Crippen LogP) is 4.06. The number of nitrogen functional groups attached to an aromatic ring is 1. The van der Waals surface area contributed by atoms with Crippen LogP contribution in [0.5, 0.6) is 11.5 Å². The molecule has 0 atom stereocenters. The predicted molar refractivity (Wildman–Crippen MR) is 77.4 cm³/mol. The van der Waals surface area contributed by atoms with Crippen LogP contribution in [0.3, 0.4) is 0 Å². The number of nitrogens with two attached hydrogens (primary N) is 1. The van der Waals surface area contributed by atoms with Gasteiger partial charge in [-0.05, 0) is 48.9 Å². The normalized spacial score (nSPS) is 10.7. The molecule has 3 aromatic rings. The lowest BCUT2D eigenvalue weighted by atomic mass is 10.1. The highest BCUT2D eigenvalue weighted by atomic mass is 19.1. The zero-order valence-electron chi connectivity index (χ0n) is 10.9. The Bertz CT molecular complexity index is 787. The maximum atomic E-state index is 13.7. The van der Waals surface area contributed by atoms with E-state index in [9.17, 15) is 4.39 Å². The number of pyridine rings is 1. The van der Waals surface area contributed by atoms with Gasteiger partial charge in [-0.3, -0.25) is 4.98 Å². The summed E-state index contributed by atoms with van der Waals surface area (Å²) >= 11 is 0. The summed E-state index contributed by atoms with van der Waals surface area (Å²) in [5.41, 5.74) is 8.22. The van der Waals surface area contributed by atoms with Crippen LogP contribution >= 0.6 is 0 Å². The second kappa shape index (κ2) is 4.81. The molecule has 100 valence electrons. The van der Waals surface area contributed by atoms with Gasteiger partial charge in [0.05, 0.1) is 11.2 Å². The van der Waals surface area contributed by atoms with Gasteiger partial charge in [-0.1, -0.05) is 6.07 Å². The number of rotatable bonds is 2. The quantitative estimate of drug-likeness (QED) is 0.713. The molecule has 0 saturated carbocycles. The molecule has 3 nitrogen and oxygen atoms in total. The summed E-state index contributed by atoms with van der Waals surface area (Å²) in [5, 5.41) is 0.790. The summed E-state index contributed by atoms with van der Waals surface area (Å²) in [6.07, 6.45) is 1.70. The number of anilines is 1. The summed E-state index contributed by atoms with van der Waals surface area (Å²) in [6.45, 7) is 1.87. The number of ether oxygens (including phenoxy) is 1. The smallest absolute Gasteiger partial charge is 0.165 e. The highest BCUT2D eigenvalue weighted by Crippen LogP contribution is 2.34. The van der Waals surface area contributed by atoms with E-state index in [1.807, 2.05) is 13.0 Å². The molecule has 1 aromatic heterocycles. The number of hydrogen-bond acceptors (Lipinski definition) is 3. The maximum Gasteiger partial charge on any atom is 0.165 e. The second-order valence-corrected chi connectivity index (χ2v) is 4.58. The van der Waals surface area contributed by atoms with Crippen molar-refractivity contribution in [3.63, 3.8) is 0 Å². The summed E-state index contributed by atoms with van der Waals surface area (Å²) in [6, 6.07) is 11.9. The molecule has 0 aliphatic rings. The fourth-order valence-corrected chi connectivity index (χ4v) is 2.05. The van der Waals surface area contributed by atoms with Crippen LogP contribution in [0.2, 0.25) is 0 Å². The third-order valence-electron chi connectivity index (χ3n) is 3.09. The number of benzene rings is 2. The first-order valence-corrected chi connectivity index (χ1v) is 6.22.